The summed E-state index contributed by atoms with van der Waals surface area (Å²) in [4.78, 5) is 17.1. The number of methoxy groups -OCH3 is 4. The molecular weight excluding hydrogens is 372 g/mol. The van der Waals surface area contributed by atoms with Crippen LogP contribution in [-0.2, 0) is 6.54 Å². The molecule has 1 aromatic heterocycles. The van der Waals surface area contributed by atoms with Crippen molar-refractivity contribution in [2.24, 2.45) is 0 Å². The van der Waals surface area contributed by atoms with Crippen LogP contribution in [0.3, 0.4) is 0 Å². The van der Waals surface area contributed by atoms with Crippen molar-refractivity contribution in [2.75, 3.05) is 28.4 Å². The van der Waals surface area contributed by atoms with E-state index in [0.29, 0.717) is 28.6 Å². The van der Waals surface area contributed by atoms with E-state index in [2.05, 4.69) is 4.98 Å². The predicted octanol–water partition coefficient (Wildman–Crippen LogP) is 2.95. The lowest BCUT2D eigenvalue weighted by molar-refractivity contribution is -0.686. The number of rotatable bonds is 8. The Hall–Kier alpha value is -3.61. The van der Waals surface area contributed by atoms with E-state index in [4.69, 9.17) is 18.9 Å². The van der Waals surface area contributed by atoms with Crippen molar-refractivity contribution in [3.05, 3.63) is 60.6 Å². The molecule has 0 unspecified atom stereocenters. The van der Waals surface area contributed by atoms with Gasteiger partial charge in [-0.15, -0.1) is 0 Å². The summed E-state index contributed by atoms with van der Waals surface area (Å²) in [6, 6.07) is 12.6. The van der Waals surface area contributed by atoms with Gasteiger partial charge in [0.15, 0.2) is 35.2 Å². The molecule has 7 nitrogen and oxygen atoms in total. The minimum absolute atomic E-state index is 0.0587. The summed E-state index contributed by atoms with van der Waals surface area (Å²) in [6.45, 7) is 0.161. The smallest absolute Gasteiger partial charge is 0.287 e. The molecule has 0 aliphatic carbocycles. The first-order valence-electron chi connectivity index (χ1n) is 8.92. The number of carbonyl (C=O) groups excluding carboxylic acids is 1. The molecule has 0 atom stereocenters. The zero-order valence-electron chi connectivity index (χ0n) is 16.8. The van der Waals surface area contributed by atoms with Crippen LogP contribution >= 0.6 is 0 Å². The first-order valence-corrected chi connectivity index (χ1v) is 8.92. The van der Waals surface area contributed by atoms with Crippen LogP contribution in [0.25, 0.3) is 11.3 Å². The summed E-state index contributed by atoms with van der Waals surface area (Å²) in [5.74, 6) is 2.33. The van der Waals surface area contributed by atoms with Gasteiger partial charge >= 0.3 is 0 Å². The minimum Gasteiger partial charge on any atom is -0.493 e. The Morgan fingerprint density at radius 1 is 0.828 bits per heavy atom. The third-order valence-corrected chi connectivity index (χ3v) is 4.48. The molecule has 150 valence electrons. The van der Waals surface area contributed by atoms with E-state index in [1.54, 1.807) is 50.4 Å². The molecule has 2 aromatic carbocycles. The zero-order valence-corrected chi connectivity index (χ0v) is 16.8. The third kappa shape index (κ3) is 4.45. The van der Waals surface area contributed by atoms with Crippen molar-refractivity contribution in [2.45, 2.75) is 6.54 Å². The molecule has 0 radical (unpaired) electrons. The summed E-state index contributed by atoms with van der Waals surface area (Å²) >= 11 is 0. The summed E-state index contributed by atoms with van der Waals surface area (Å²) in [5, 5.41) is 0. The van der Waals surface area contributed by atoms with Crippen molar-refractivity contribution in [3.63, 3.8) is 0 Å². The van der Waals surface area contributed by atoms with Crippen LogP contribution < -0.4 is 23.5 Å². The monoisotopic (exact) mass is 395 g/mol. The average Bonchev–Trinajstić information content (AvgIpc) is 2.78. The second-order valence-electron chi connectivity index (χ2n) is 6.18. The van der Waals surface area contributed by atoms with Crippen LogP contribution in [0.2, 0.25) is 0 Å². The van der Waals surface area contributed by atoms with E-state index in [1.807, 2.05) is 30.5 Å². The van der Waals surface area contributed by atoms with Gasteiger partial charge in [-0.2, -0.15) is 0 Å². The van der Waals surface area contributed by atoms with Gasteiger partial charge in [0.25, 0.3) is 6.33 Å². The van der Waals surface area contributed by atoms with Gasteiger partial charge in [-0.25, -0.2) is 4.57 Å². The highest BCUT2D eigenvalue weighted by Crippen LogP contribution is 2.31. The molecule has 7 heteroatoms. The van der Waals surface area contributed by atoms with Crippen molar-refractivity contribution >= 4 is 5.78 Å². The fourth-order valence-electron chi connectivity index (χ4n) is 2.91. The van der Waals surface area contributed by atoms with Crippen LogP contribution in [0.1, 0.15) is 10.4 Å². The molecule has 1 heterocycles. The molecule has 0 N–H and O–H groups in total. The third-order valence-electron chi connectivity index (χ3n) is 4.48. The van der Waals surface area contributed by atoms with Crippen LogP contribution in [0, 0.1) is 0 Å². The predicted molar refractivity (Wildman–Crippen MR) is 107 cm³/mol. The quantitative estimate of drug-likeness (QED) is 0.431. The van der Waals surface area contributed by atoms with Gasteiger partial charge in [0.05, 0.1) is 34.6 Å². The summed E-state index contributed by atoms with van der Waals surface area (Å²) in [7, 11) is 6.28. The summed E-state index contributed by atoms with van der Waals surface area (Å²) < 4.78 is 22.8. The maximum Gasteiger partial charge on any atom is 0.287 e. The number of hydrogen-bond acceptors (Lipinski definition) is 6. The Morgan fingerprint density at radius 2 is 1.45 bits per heavy atom. The SMILES string of the molecule is COc1ccc(C(=O)C[n+]2ccc(-c3ccc(OC)c(OC)c3)nc2)cc1OC. The van der Waals surface area contributed by atoms with Gasteiger partial charge in [0.1, 0.15) is 0 Å². The fourth-order valence-corrected chi connectivity index (χ4v) is 2.91. The molecule has 3 rings (SSSR count). The Kier molecular flexibility index (Phi) is 6.29. The molecule has 0 aliphatic heterocycles. The van der Waals surface area contributed by atoms with Crippen molar-refractivity contribution in [3.8, 4) is 34.3 Å². The molecule has 0 fully saturated rings. The van der Waals surface area contributed by atoms with Gasteiger partial charge in [-0.3, -0.25) is 4.79 Å². The maximum atomic E-state index is 12.6. The van der Waals surface area contributed by atoms with Crippen molar-refractivity contribution in [1.82, 2.24) is 4.98 Å². The molecule has 3 aromatic rings. The lowest BCUT2D eigenvalue weighted by atomic mass is 10.1. The minimum atomic E-state index is -0.0587. The number of carbonyl (C=O) groups is 1. The van der Waals surface area contributed by atoms with E-state index >= 15 is 0 Å². The highest BCUT2D eigenvalue weighted by atomic mass is 16.5. The fraction of sp³-hybridized carbons (Fsp3) is 0.227. The van der Waals surface area contributed by atoms with Gasteiger partial charge in [-0.05, 0) is 41.4 Å². The van der Waals surface area contributed by atoms with Gasteiger partial charge in [-0.1, -0.05) is 0 Å². The molecule has 0 saturated heterocycles. The first-order chi connectivity index (χ1) is 14.1. The molecule has 0 bridgehead atoms. The molecular formula is C22H23N2O5+. The summed E-state index contributed by atoms with van der Waals surface area (Å²) in [6.07, 6.45) is 3.45. The first kappa shape index (κ1) is 20.1. The topological polar surface area (TPSA) is 70.8 Å². The summed E-state index contributed by atoms with van der Waals surface area (Å²) in [5.41, 5.74) is 2.20. The van der Waals surface area contributed by atoms with Gasteiger partial charge in [0, 0.05) is 17.2 Å². The number of aromatic nitrogens is 2. The number of ether oxygens (including phenoxy) is 4. The Morgan fingerprint density at radius 3 is 2.03 bits per heavy atom. The lowest BCUT2D eigenvalue weighted by Crippen LogP contribution is -2.37. The molecule has 0 spiro atoms. The van der Waals surface area contributed by atoms with Crippen molar-refractivity contribution < 1.29 is 28.3 Å². The number of nitrogens with zero attached hydrogens (tertiary/aromatic N) is 2. The van der Waals surface area contributed by atoms with E-state index in [0.717, 1.165) is 11.3 Å². The highest BCUT2D eigenvalue weighted by Gasteiger charge is 2.15. The Balaban J connectivity index is 1.76. The molecule has 29 heavy (non-hydrogen) atoms. The van der Waals surface area contributed by atoms with Crippen molar-refractivity contribution in [1.29, 1.82) is 0 Å². The number of benzene rings is 2. The Labute approximate surface area is 169 Å². The lowest BCUT2D eigenvalue weighted by Gasteiger charge is -2.09. The van der Waals surface area contributed by atoms with Gasteiger partial charge < -0.3 is 18.9 Å². The van der Waals surface area contributed by atoms with E-state index in [-0.39, 0.29) is 12.3 Å². The second kappa shape index (κ2) is 9.05. The van der Waals surface area contributed by atoms with E-state index in [1.165, 1.54) is 7.11 Å². The van der Waals surface area contributed by atoms with E-state index in [9.17, 15) is 4.79 Å². The van der Waals surface area contributed by atoms with Crippen LogP contribution in [0.5, 0.6) is 23.0 Å². The van der Waals surface area contributed by atoms with E-state index < -0.39 is 0 Å². The van der Waals surface area contributed by atoms with Gasteiger partial charge in [0.2, 0.25) is 5.78 Å². The van der Waals surface area contributed by atoms with Crippen LogP contribution in [0.4, 0.5) is 0 Å². The number of ketones is 1. The Bertz CT molecular complexity index is 1000. The molecule has 0 saturated carbocycles. The highest BCUT2D eigenvalue weighted by molar-refractivity contribution is 5.95. The van der Waals surface area contributed by atoms with Crippen LogP contribution in [0.15, 0.2) is 55.0 Å². The average molecular weight is 395 g/mol. The zero-order chi connectivity index (χ0) is 20.8. The van der Waals surface area contributed by atoms with Crippen LogP contribution in [-0.4, -0.2) is 39.2 Å². The largest absolute Gasteiger partial charge is 0.493 e. The molecule has 0 amide bonds. The molecule has 0 aliphatic rings. The maximum absolute atomic E-state index is 12.6. The number of hydrogen-bond donors (Lipinski definition) is 0. The standard InChI is InChI=1S/C22H23N2O5/c1-26-19-7-5-15(11-21(19)28-3)17-9-10-24(14-23-17)13-18(25)16-6-8-20(27-2)22(12-16)29-4/h5-12,14H,13H2,1-4H3/q+1. The number of Topliss-reactive ketones (excluding diaryl/α,β-unsaturated/α-hetero) is 1. The second-order valence-corrected chi connectivity index (χ2v) is 6.18. The normalized spacial score (nSPS) is 10.3.